The van der Waals surface area contributed by atoms with Crippen molar-refractivity contribution >= 4 is 17.2 Å². The summed E-state index contributed by atoms with van der Waals surface area (Å²) in [6.45, 7) is 16.7. The number of benzene rings is 3. The summed E-state index contributed by atoms with van der Waals surface area (Å²) < 4.78 is 5.63. The summed E-state index contributed by atoms with van der Waals surface area (Å²) in [7, 11) is 1.65. The van der Waals surface area contributed by atoms with E-state index in [1.165, 1.54) is 11.1 Å². The van der Waals surface area contributed by atoms with Gasteiger partial charge < -0.3 is 15.4 Å². The van der Waals surface area contributed by atoms with Gasteiger partial charge in [-0.1, -0.05) is 76.4 Å². The summed E-state index contributed by atoms with van der Waals surface area (Å²) in [6, 6.07) is 21.7. The third-order valence-corrected chi connectivity index (χ3v) is 5.79. The van der Waals surface area contributed by atoms with E-state index in [0.717, 1.165) is 28.1 Å². The summed E-state index contributed by atoms with van der Waals surface area (Å²) in [5.41, 5.74) is 6.99. The molecule has 0 spiro atoms. The molecule has 4 heteroatoms. The highest BCUT2D eigenvalue weighted by atomic mass is 16.5. The van der Waals surface area contributed by atoms with Gasteiger partial charge in [0.15, 0.2) is 0 Å². The van der Waals surface area contributed by atoms with Crippen molar-refractivity contribution in [3.63, 3.8) is 0 Å². The Morgan fingerprint density at radius 2 is 1.65 bits per heavy atom. The number of rotatable bonds is 8. The molecule has 0 aliphatic carbocycles. The molecule has 0 saturated heterocycles. The second-order valence-corrected chi connectivity index (χ2v) is 9.51. The first-order valence-electron chi connectivity index (χ1n) is 11.4. The van der Waals surface area contributed by atoms with Crippen LogP contribution in [0.25, 0.3) is 5.57 Å². The van der Waals surface area contributed by atoms with Crippen LogP contribution in [0.4, 0.5) is 5.69 Å². The molecule has 3 aromatic carbocycles. The Kier molecular flexibility index (Phi) is 7.62. The van der Waals surface area contributed by atoms with Crippen LogP contribution in [-0.2, 0) is 11.8 Å². The number of allylic oxidation sites excluding steroid dienone is 1. The number of ether oxygens (including phenoxy) is 1. The largest absolute Gasteiger partial charge is 0.496 e. The van der Waals surface area contributed by atoms with E-state index < -0.39 is 0 Å². The summed E-state index contributed by atoms with van der Waals surface area (Å²) in [6.07, 6.45) is 0.677. The highest BCUT2D eigenvalue weighted by Gasteiger charge is 2.15. The van der Waals surface area contributed by atoms with Crippen molar-refractivity contribution in [1.29, 1.82) is 0 Å². The number of nitrogens with one attached hydrogen (secondary N) is 2. The molecular weight excluding hydrogens is 420 g/mol. The minimum absolute atomic E-state index is 0.0394. The predicted octanol–water partition coefficient (Wildman–Crippen LogP) is 6.87. The number of carbonyl (C=O) groups excluding carboxylic acids is 1. The van der Waals surface area contributed by atoms with Crippen LogP contribution in [0.5, 0.6) is 5.75 Å². The lowest BCUT2D eigenvalue weighted by atomic mass is 9.87. The lowest BCUT2D eigenvalue weighted by Gasteiger charge is -2.19. The van der Waals surface area contributed by atoms with Crippen molar-refractivity contribution in [2.45, 2.75) is 39.5 Å². The van der Waals surface area contributed by atoms with Gasteiger partial charge in [0.05, 0.1) is 7.11 Å². The molecule has 1 amide bonds. The molecule has 176 valence electrons. The van der Waals surface area contributed by atoms with E-state index in [4.69, 9.17) is 4.74 Å². The topological polar surface area (TPSA) is 50.4 Å². The number of methoxy groups -OCH3 is 1. The van der Waals surface area contributed by atoms with Gasteiger partial charge in [0, 0.05) is 23.7 Å². The molecule has 0 heterocycles. The summed E-state index contributed by atoms with van der Waals surface area (Å²) in [5, 5.41) is 5.96. The van der Waals surface area contributed by atoms with Crippen LogP contribution in [0.3, 0.4) is 0 Å². The molecule has 0 radical (unpaired) electrons. The normalized spacial score (nSPS) is 11.0. The van der Waals surface area contributed by atoms with Gasteiger partial charge in [0.1, 0.15) is 11.6 Å². The van der Waals surface area contributed by atoms with Crippen LogP contribution in [0.2, 0.25) is 0 Å². The molecule has 0 unspecified atom stereocenters. The Morgan fingerprint density at radius 1 is 0.971 bits per heavy atom. The van der Waals surface area contributed by atoms with Crippen molar-refractivity contribution in [2.75, 3.05) is 12.4 Å². The van der Waals surface area contributed by atoms with Gasteiger partial charge >= 0.3 is 0 Å². The third kappa shape index (κ3) is 6.16. The zero-order chi connectivity index (χ0) is 24.9. The first-order chi connectivity index (χ1) is 16.1. The number of hydrogen-bond acceptors (Lipinski definition) is 3. The van der Waals surface area contributed by atoms with E-state index in [0.29, 0.717) is 17.8 Å². The van der Waals surface area contributed by atoms with Crippen molar-refractivity contribution in [2.24, 2.45) is 0 Å². The average molecular weight is 455 g/mol. The Hall–Kier alpha value is -3.79. The Balaban J connectivity index is 1.65. The lowest BCUT2D eigenvalue weighted by molar-refractivity contribution is 0.0966. The van der Waals surface area contributed by atoms with Crippen molar-refractivity contribution in [3.05, 3.63) is 114 Å². The fourth-order valence-electron chi connectivity index (χ4n) is 3.80. The fraction of sp³-hybridized carbons (Fsp3) is 0.233. The predicted molar refractivity (Wildman–Crippen MR) is 142 cm³/mol. The second kappa shape index (κ2) is 10.4. The van der Waals surface area contributed by atoms with Gasteiger partial charge in [0.2, 0.25) is 0 Å². The van der Waals surface area contributed by atoms with Gasteiger partial charge in [-0.15, -0.1) is 0 Å². The maximum Gasteiger partial charge on any atom is 0.256 e. The van der Waals surface area contributed by atoms with Gasteiger partial charge in [-0.3, -0.25) is 4.79 Å². The van der Waals surface area contributed by atoms with Crippen molar-refractivity contribution < 1.29 is 9.53 Å². The Morgan fingerprint density at radius 3 is 2.26 bits per heavy atom. The van der Waals surface area contributed by atoms with Gasteiger partial charge in [-0.05, 0) is 58.4 Å². The SMILES string of the molecule is C=C(NC(=O)c1ccc(C(C)(C)C)cc1)Nc1ccc(CC(=C)c2ccccc2C)c(OC)c1. The van der Waals surface area contributed by atoms with Gasteiger partial charge in [-0.25, -0.2) is 0 Å². The fourth-order valence-corrected chi connectivity index (χ4v) is 3.80. The zero-order valence-electron chi connectivity index (χ0n) is 20.8. The molecule has 0 fully saturated rings. The van der Waals surface area contributed by atoms with Crippen molar-refractivity contribution in [3.8, 4) is 5.75 Å². The molecule has 3 aromatic rings. The maximum absolute atomic E-state index is 12.6. The Labute approximate surface area is 203 Å². The van der Waals surface area contributed by atoms with E-state index in [1.54, 1.807) is 7.11 Å². The molecule has 34 heavy (non-hydrogen) atoms. The van der Waals surface area contributed by atoms with Crippen molar-refractivity contribution in [1.82, 2.24) is 5.32 Å². The van der Waals surface area contributed by atoms with Crippen LogP contribution in [0.15, 0.2) is 85.7 Å². The average Bonchev–Trinajstić information content (AvgIpc) is 2.79. The number of aryl methyl sites for hydroxylation is 1. The smallest absolute Gasteiger partial charge is 0.256 e. The van der Waals surface area contributed by atoms with Crippen LogP contribution < -0.4 is 15.4 Å². The summed E-state index contributed by atoms with van der Waals surface area (Å²) >= 11 is 0. The molecule has 0 atom stereocenters. The standard InChI is InChI=1S/C30H34N2O2/c1-20-10-8-9-11-27(20)21(2)18-24-14-17-26(19-28(24)34-7)31-22(3)32-29(33)23-12-15-25(16-13-23)30(4,5)6/h8-17,19,31H,2-3,18H2,1,4-7H3,(H,32,33). The molecule has 0 aliphatic heterocycles. The quantitative estimate of drug-likeness (QED) is 0.390. The molecular formula is C30H34N2O2. The van der Waals surface area contributed by atoms with Crippen LogP contribution in [0.1, 0.15) is 53.4 Å². The highest BCUT2D eigenvalue weighted by molar-refractivity contribution is 5.95. The molecule has 2 N–H and O–H groups in total. The number of carbonyl (C=O) groups is 1. The van der Waals surface area contributed by atoms with Gasteiger partial charge in [-0.2, -0.15) is 0 Å². The minimum Gasteiger partial charge on any atom is -0.496 e. The lowest BCUT2D eigenvalue weighted by Crippen LogP contribution is -2.26. The molecule has 3 rings (SSSR count). The van der Waals surface area contributed by atoms with E-state index in [2.05, 4.69) is 63.6 Å². The first-order valence-corrected chi connectivity index (χ1v) is 11.4. The third-order valence-electron chi connectivity index (χ3n) is 5.79. The van der Waals surface area contributed by atoms with E-state index in [-0.39, 0.29) is 11.3 Å². The molecule has 0 aliphatic rings. The van der Waals surface area contributed by atoms with Crippen LogP contribution in [-0.4, -0.2) is 13.0 Å². The van der Waals surface area contributed by atoms with Gasteiger partial charge in [0.25, 0.3) is 5.91 Å². The Bertz CT molecular complexity index is 1200. The first kappa shape index (κ1) is 24.8. The summed E-state index contributed by atoms with van der Waals surface area (Å²) in [5.74, 6) is 0.928. The number of amides is 1. The molecule has 4 nitrogen and oxygen atoms in total. The minimum atomic E-state index is -0.212. The maximum atomic E-state index is 12.6. The van der Waals surface area contributed by atoms with E-state index >= 15 is 0 Å². The summed E-state index contributed by atoms with van der Waals surface area (Å²) in [4.78, 5) is 12.6. The van der Waals surface area contributed by atoms with Crippen LogP contribution in [0, 0.1) is 6.92 Å². The van der Waals surface area contributed by atoms with E-state index in [9.17, 15) is 4.79 Å². The molecule has 0 aromatic heterocycles. The van der Waals surface area contributed by atoms with Crippen LogP contribution >= 0.6 is 0 Å². The molecule has 0 bridgehead atoms. The monoisotopic (exact) mass is 454 g/mol. The zero-order valence-corrected chi connectivity index (χ0v) is 20.8. The number of anilines is 1. The molecule has 0 saturated carbocycles. The highest BCUT2D eigenvalue weighted by Crippen LogP contribution is 2.29. The second-order valence-electron chi connectivity index (χ2n) is 9.51. The number of hydrogen-bond donors (Lipinski definition) is 2. The van der Waals surface area contributed by atoms with E-state index in [1.807, 2.05) is 54.6 Å².